The highest BCUT2D eigenvalue weighted by molar-refractivity contribution is 5.77. The van der Waals surface area contributed by atoms with Crippen molar-refractivity contribution in [3.63, 3.8) is 0 Å². The van der Waals surface area contributed by atoms with Gasteiger partial charge in [0.05, 0.1) is 25.2 Å². The summed E-state index contributed by atoms with van der Waals surface area (Å²) in [4.78, 5) is 26.1. The summed E-state index contributed by atoms with van der Waals surface area (Å²) in [5.74, 6) is -0.569. The van der Waals surface area contributed by atoms with E-state index in [1.54, 1.807) is 0 Å². The highest BCUT2D eigenvalue weighted by Gasteiger charge is 2.24. The number of amides is 1. The molecule has 1 amide bonds. The lowest BCUT2D eigenvalue weighted by molar-refractivity contribution is -0.151. The van der Waals surface area contributed by atoms with Gasteiger partial charge in [-0.3, -0.25) is 9.59 Å². The van der Waals surface area contributed by atoms with Crippen LogP contribution in [-0.2, 0) is 14.3 Å². The zero-order valence-corrected chi connectivity index (χ0v) is 39.3. The first-order chi connectivity index (χ1) is 29.5. The number of unbranched alkanes of at least 4 members (excludes halogenated alkanes) is 24. The second kappa shape index (κ2) is 47.4. The monoisotopic (exact) mass is 838 g/mol. The molecule has 3 unspecified atom stereocenters. The molecule has 6 nitrogen and oxygen atoms in total. The number of carbonyl (C=O) groups is 2. The lowest BCUT2D eigenvalue weighted by Gasteiger charge is -2.24. The van der Waals surface area contributed by atoms with E-state index in [-0.39, 0.29) is 24.9 Å². The summed E-state index contributed by atoms with van der Waals surface area (Å²) in [6.45, 7) is 6.31. The summed E-state index contributed by atoms with van der Waals surface area (Å²) < 4.78 is 5.88. The highest BCUT2D eigenvalue weighted by atomic mass is 16.5. The van der Waals surface area contributed by atoms with Gasteiger partial charge in [-0.05, 0) is 64.2 Å². The van der Waals surface area contributed by atoms with Crippen molar-refractivity contribution in [1.82, 2.24) is 5.32 Å². The highest BCUT2D eigenvalue weighted by Crippen LogP contribution is 2.17. The third kappa shape index (κ3) is 42.0. The van der Waals surface area contributed by atoms with Crippen molar-refractivity contribution in [1.29, 1.82) is 0 Å². The van der Waals surface area contributed by atoms with Gasteiger partial charge >= 0.3 is 5.97 Å². The smallest absolute Gasteiger partial charge is 0.306 e. The van der Waals surface area contributed by atoms with Crippen molar-refractivity contribution in [3.05, 3.63) is 72.9 Å². The van der Waals surface area contributed by atoms with Gasteiger partial charge < -0.3 is 20.3 Å². The van der Waals surface area contributed by atoms with Crippen LogP contribution in [0.1, 0.15) is 233 Å². The first-order valence-electron chi connectivity index (χ1n) is 25.2. The summed E-state index contributed by atoms with van der Waals surface area (Å²) in [6.07, 6.45) is 59.6. The topological polar surface area (TPSA) is 95.9 Å². The molecule has 0 saturated carbocycles. The van der Waals surface area contributed by atoms with E-state index in [2.05, 4.69) is 68.6 Å². The summed E-state index contributed by atoms with van der Waals surface area (Å²) in [7, 11) is 0. The molecule has 0 aliphatic rings. The van der Waals surface area contributed by atoms with E-state index >= 15 is 0 Å². The molecule has 0 bridgehead atoms. The van der Waals surface area contributed by atoms with Gasteiger partial charge in [-0.25, -0.2) is 0 Å². The fraction of sp³-hybridized carbons (Fsp3) is 0.741. The quantitative estimate of drug-likeness (QED) is 0.0323. The van der Waals surface area contributed by atoms with Gasteiger partial charge in [-0.2, -0.15) is 0 Å². The van der Waals surface area contributed by atoms with E-state index in [4.69, 9.17) is 4.74 Å². The molecule has 0 aliphatic heterocycles. The fourth-order valence-corrected chi connectivity index (χ4v) is 7.32. The second-order valence-electron chi connectivity index (χ2n) is 17.0. The molecule has 6 heteroatoms. The Morgan fingerprint density at radius 2 is 0.917 bits per heavy atom. The van der Waals surface area contributed by atoms with E-state index in [0.29, 0.717) is 19.3 Å². The maximum atomic E-state index is 13.2. The van der Waals surface area contributed by atoms with Gasteiger partial charge in [-0.1, -0.05) is 229 Å². The molecule has 0 rings (SSSR count). The van der Waals surface area contributed by atoms with Crippen molar-refractivity contribution in [2.75, 3.05) is 6.61 Å². The van der Waals surface area contributed by atoms with Crippen LogP contribution in [-0.4, -0.2) is 46.9 Å². The summed E-state index contributed by atoms with van der Waals surface area (Å²) >= 11 is 0. The number of aliphatic hydroxyl groups excluding tert-OH is 2. The average Bonchev–Trinajstić information content (AvgIpc) is 3.24. The van der Waals surface area contributed by atoms with Crippen molar-refractivity contribution in [3.8, 4) is 0 Å². The van der Waals surface area contributed by atoms with E-state index in [1.165, 1.54) is 116 Å². The number of carbonyl (C=O) groups excluding carboxylic acids is 2. The van der Waals surface area contributed by atoms with Gasteiger partial charge in [0.15, 0.2) is 0 Å². The number of nitrogens with one attached hydrogen (secondary N) is 1. The zero-order valence-electron chi connectivity index (χ0n) is 39.3. The summed E-state index contributed by atoms with van der Waals surface area (Å²) in [6, 6.07) is -0.726. The lowest BCUT2D eigenvalue weighted by atomic mass is 10.0. The first-order valence-corrected chi connectivity index (χ1v) is 25.2. The van der Waals surface area contributed by atoms with Gasteiger partial charge in [0.1, 0.15) is 6.10 Å². The minimum absolute atomic E-state index is 0.0261. The SMILES string of the molecule is CC/C=C/C=C/C=C\C=C/CCCCCC(=O)OC(CCC/C=C/C=C/CCCCCCCCC)CC(=O)NC(CO)C(O)CCCCCCCCCCCCCCCC. The first kappa shape index (κ1) is 57.3. The molecule has 60 heavy (non-hydrogen) atoms. The predicted octanol–water partition coefficient (Wildman–Crippen LogP) is 15.0. The van der Waals surface area contributed by atoms with E-state index in [1.807, 2.05) is 30.4 Å². The molecule has 0 aromatic carbocycles. The van der Waals surface area contributed by atoms with Crippen molar-refractivity contribution < 1.29 is 24.5 Å². The Bertz CT molecular complexity index is 1120. The minimum atomic E-state index is -0.808. The lowest BCUT2D eigenvalue weighted by Crippen LogP contribution is -2.46. The van der Waals surface area contributed by atoms with Crippen molar-refractivity contribution >= 4 is 11.9 Å². The maximum absolute atomic E-state index is 13.2. The van der Waals surface area contributed by atoms with Gasteiger partial charge in [0, 0.05) is 6.42 Å². The largest absolute Gasteiger partial charge is 0.462 e. The zero-order chi connectivity index (χ0) is 43.8. The number of hydrogen-bond donors (Lipinski definition) is 3. The third-order valence-electron chi connectivity index (χ3n) is 11.1. The molecule has 0 saturated heterocycles. The Balaban J connectivity index is 4.70. The number of ether oxygens (including phenoxy) is 1. The molecular formula is C54H95NO5. The molecule has 0 aromatic rings. The number of allylic oxidation sites excluding steroid dienone is 12. The number of esters is 1. The maximum Gasteiger partial charge on any atom is 0.306 e. The van der Waals surface area contributed by atoms with Crippen LogP contribution in [0.25, 0.3) is 0 Å². The molecule has 0 spiro atoms. The molecule has 0 radical (unpaired) electrons. The van der Waals surface area contributed by atoms with Crippen LogP contribution in [0.2, 0.25) is 0 Å². The molecule has 0 heterocycles. The van der Waals surface area contributed by atoms with Crippen LogP contribution in [0.4, 0.5) is 0 Å². The Morgan fingerprint density at radius 3 is 1.42 bits per heavy atom. The molecule has 0 fully saturated rings. The Hall–Kier alpha value is -2.70. The third-order valence-corrected chi connectivity index (χ3v) is 11.1. The van der Waals surface area contributed by atoms with Crippen LogP contribution < -0.4 is 5.32 Å². The number of rotatable bonds is 44. The Kier molecular flexibility index (Phi) is 45.2. The number of aliphatic hydroxyl groups is 2. The van der Waals surface area contributed by atoms with Crippen molar-refractivity contribution in [2.45, 2.75) is 251 Å². The molecular weight excluding hydrogens is 743 g/mol. The summed E-state index contributed by atoms with van der Waals surface area (Å²) in [5, 5.41) is 23.7. The van der Waals surface area contributed by atoms with Crippen LogP contribution >= 0.6 is 0 Å². The second-order valence-corrected chi connectivity index (χ2v) is 17.0. The standard InChI is InChI=1S/C54H95NO5/c1-4-7-10-13-16-19-22-25-28-30-33-36-39-42-45-50(60-54(59)47-44-41-38-35-32-27-24-21-18-15-12-9-6-3)48-53(58)55-51(49-56)52(57)46-43-40-37-34-31-29-26-23-20-17-14-11-8-5-2/h9,12,15,18,21,24,27-28,30,32-33,36,50-52,56-57H,4-8,10-11,13-14,16-17,19-20,22-23,25-26,29,31,34-35,37-49H2,1-3H3,(H,55,58)/b12-9+,18-15+,24-21-,30-28+,32-27-,36-33+. The van der Waals surface area contributed by atoms with E-state index in [9.17, 15) is 19.8 Å². The van der Waals surface area contributed by atoms with E-state index in [0.717, 1.165) is 70.6 Å². The van der Waals surface area contributed by atoms with Crippen LogP contribution in [0, 0.1) is 0 Å². The molecule has 0 aromatic heterocycles. The fourth-order valence-electron chi connectivity index (χ4n) is 7.32. The number of hydrogen-bond acceptors (Lipinski definition) is 5. The normalized spacial score (nSPS) is 13.9. The summed E-state index contributed by atoms with van der Waals surface area (Å²) in [5.41, 5.74) is 0. The van der Waals surface area contributed by atoms with Crippen molar-refractivity contribution in [2.24, 2.45) is 0 Å². The van der Waals surface area contributed by atoms with Crippen LogP contribution in [0.5, 0.6) is 0 Å². The minimum Gasteiger partial charge on any atom is -0.462 e. The van der Waals surface area contributed by atoms with Gasteiger partial charge in [-0.15, -0.1) is 0 Å². The molecule has 3 N–H and O–H groups in total. The predicted molar refractivity (Wildman–Crippen MR) is 259 cm³/mol. The molecule has 346 valence electrons. The van der Waals surface area contributed by atoms with Gasteiger partial charge in [0.2, 0.25) is 5.91 Å². The Labute approximate surface area is 371 Å². The molecule has 0 aliphatic carbocycles. The Morgan fingerprint density at radius 1 is 0.500 bits per heavy atom. The average molecular weight is 838 g/mol. The van der Waals surface area contributed by atoms with Crippen LogP contribution in [0.15, 0.2) is 72.9 Å². The molecule has 3 atom stereocenters. The van der Waals surface area contributed by atoms with E-state index < -0.39 is 18.2 Å². The van der Waals surface area contributed by atoms with Crippen LogP contribution in [0.3, 0.4) is 0 Å². The van der Waals surface area contributed by atoms with Gasteiger partial charge in [0.25, 0.3) is 0 Å².